The van der Waals surface area contributed by atoms with Gasteiger partial charge in [0.2, 0.25) is 0 Å². The van der Waals surface area contributed by atoms with Gasteiger partial charge in [-0.25, -0.2) is 0 Å². The van der Waals surface area contributed by atoms with Crippen molar-refractivity contribution in [3.8, 4) is 0 Å². The third-order valence-electron chi connectivity index (χ3n) is 0.912. The second-order valence-electron chi connectivity index (χ2n) is 2.31. The molecule has 10 heavy (non-hydrogen) atoms. The van der Waals surface area contributed by atoms with Crippen LogP contribution in [-0.4, -0.2) is 11.8 Å². The van der Waals surface area contributed by atoms with Gasteiger partial charge < -0.3 is 10.7 Å². The molecule has 56 valence electrons. The molecule has 0 saturated carbocycles. The van der Waals surface area contributed by atoms with Crippen LogP contribution in [0.3, 0.4) is 0 Å². The van der Waals surface area contributed by atoms with Gasteiger partial charge >= 0.3 is 0 Å². The highest BCUT2D eigenvalue weighted by Crippen LogP contribution is 1.79. The van der Waals surface area contributed by atoms with Gasteiger partial charge in [-0.05, 0) is 32.2 Å². The lowest BCUT2D eigenvalue weighted by Crippen LogP contribution is -2.15. The molecule has 0 heterocycles. The summed E-state index contributed by atoms with van der Waals surface area (Å²) in [7, 11) is 0. The number of hydrogen-bond donors (Lipinski definition) is 2. The van der Waals surface area contributed by atoms with Crippen molar-refractivity contribution in [2.45, 2.75) is 19.9 Å². The average Bonchev–Trinajstić information content (AvgIpc) is 1.87. The van der Waals surface area contributed by atoms with Crippen molar-refractivity contribution in [1.82, 2.24) is 5.32 Å². The molecule has 0 aromatic rings. The van der Waals surface area contributed by atoms with Crippen molar-refractivity contribution in [2.24, 2.45) is 0 Å². The summed E-state index contributed by atoms with van der Waals surface area (Å²) in [6.45, 7) is 7.54. The zero-order chi connectivity index (χ0) is 7.98. The van der Waals surface area contributed by atoms with Gasteiger partial charge in [0.05, 0.1) is 5.71 Å². The number of nitrogens with one attached hydrogen (secondary N) is 2. The van der Waals surface area contributed by atoms with Gasteiger partial charge in [-0.1, -0.05) is 6.58 Å². The first-order valence-corrected chi connectivity index (χ1v) is 3.30. The summed E-state index contributed by atoms with van der Waals surface area (Å²) in [5.74, 6) is 0. The number of rotatable bonds is 4. The molecule has 0 aliphatic heterocycles. The summed E-state index contributed by atoms with van der Waals surface area (Å²) in [5.41, 5.74) is 0.424. The number of allylic oxidation sites excluding steroid dienone is 2. The first-order valence-electron chi connectivity index (χ1n) is 3.30. The van der Waals surface area contributed by atoms with Crippen molar-refractivity contribution in [2.75, 3.05) is 0 Å². The van der Waals surface area contributed by atoms with Gasteiger partial charge in [0.15, 0.2) is 0 Å². The Morgan fingerprint density at radius 3 is 2.60 bits per heavy atom. The van der Waals surface area contributed by atoms with E-state index in [0.29, 0.717) is 11.8 Å². The standard InChI is InChI=1S/C8H14N2/c1-4-8(9)5-6-10-7(2)3/h4-7,9-10H,1H2,2-3H3/b6-5-,9-8?. The first-order chi connectivity index (χ1) is 4.66. The van der Waals surface area contributed by atoms with E-state index in [0.717, 1.165) is 0 Å². The van der Waals surface area contributed by atoms with Gasteiger partial charge in [-0.15, -0.1) is 0 Å². The Balaban J connectivity index is 3.55. The molecule has 0 aliphatic carbocycles. The van der Waals surface area contributed by atoms with Crippen molar-refractivity contribution < 1.29 is 0 Å². The molecule has 0 spiro atoms. The third-order valence-corrected chi connectivity index (χ3v) is 0.912. The molecule has 0 aromatic heterocycles. The van der Waals surface area contributed by atoms with Gasteiger partial charge in [-0.2, -0.15) is 0 Å². The fraction of sp³-hybridized carbons (Fsp3) is 0.375. The van der Waals surface area contributed by atoms with Crippen molar-refractivity contribution >= 4 is 5.71 Å². The first kappa shape index (κ1) is 8.95. The predicted octanol–water partition coefficient (Wildman–Crippen LogP) is 1.70. The molecule has 0 unspecified atom stereocenters. The van der Waals surface area contributed by atoms with E-state index in [1.165, 1.54) is 6.08 Å². The van der Waals surface area contributed by atoms with Gasteiger partial charge in [0.25, 0.3) is 0 Å². The summed E-state index contributed by atoms with van der Waals surface area (Å²) in [4.78, 5) is 0. The van der Waals surface area contributed by atoms with Crippen LogP contribution in [0.4, 0.5) is 0 Å². The molecule has 0 rings (SSSR count). The lowest BCUT2D eigenvalue weighted by molar-refractivity contribution is 0.703. The maximum Gasteiger partial charge on any atom is 0.0548 e. The minimum atomic E-state index is 0.424. The normalized spacial score (nSPS) is 10.3. The van der Waals surface area contributed by atoms with Crippen molar-refractivity contribution in [1.29, 1.82) is 5.41 Å². The monoisotopic (exact) mass is 138 g/mol. The topological polar surface area (TPSA) is 35.9 Å². The highest BCUT2D eigenvalue weighted by molar-refractivity contribution is 6.00. The molecule has 0 aromatic carbocycles. The average molecular weight is 138 g/mol. The lowest BCUT2D eigenvalue weighted by Gasteiger charge is -2.01. The maximum atomic E-state index is 7.14. The van der Waals surface area contributed by atoms with Crippen LogP contribution in [-0.2, 0) is 0 Å². The van der Waals surface area contributed by atoms with Gasteiger partial charge in [0.1, 0.15) is 0 Å². The summed E-state index contributed by atoms with van der Waals surface area (Å²) in [6, 6.07) is 0.425. The Morgan fingerprint density at radius 1 is 1.60 bits per heavy atom. The Hall–Kier alpha value is -1.05. The van der Waals surface area contributed by atoms with E-state index in [9.17, 15) is 0 Å². The quantitative estimate of drug-likeness (QED) is 0.570. The Labute approximate surface area is 62.1 Å². The molecule has 2 nitrogen and oxygen atoms in total. The van der Waals surface area contributed by atoms with Crippen LogP contribution in [0.15, 0.2) is 24.9 Å². The van der Waals surface area contributed by atoms with Gasteiger partial charge in [0, 0.05) is 6.04 Å². The minimum absolute atomic E-state index is 0.424. The molecule has 0 bridgehead atoms. The summed E-state index contributed by atoms with van der Waals surface area (Å²) in [6.07, 6.45) is 4.93. The number of hydrogen-bond acceptors (Lipinski definition) is 2. The summed E-state index contributed by atoms with van der Waals surface area (Å²) in [5, 5.41) is 10.2. The molecule has 2 N–H and O–H groups in total. The van der Waals surface area contributed by atoms with E-state index in [-0.39, 0.29) is 0 Å². The maximum absolute atomic E-state index is 7.14. The third kappa shape index (κ3) is 5.09. The smallest absolute Gasteiger partial charge is 0.0548 e. The fourth-order valence-corrected chi connectivity index (χ4v) is 0.398. The van der Waals surface area contributed by atoms with E-state index < -0.39 is 0 Å². The molecule has 0 atom stereocenters. The van der Waals surface area contributed by atoms with Crippen LogP contribution in [0.1, 0.15) is 13.8 Å². The zero-order valence-electron chi connectivity index (χ0n) is 6.52. The van der Waals surface area contributed by atoms with E-state index in [1.807, 2.05) is 13.8 Å². The second-order valence-corrected chi connectivity index (χ2v) is 2.31. The van der Waals surface area contributed by atoms with Crippen LogP contribution in [0, 0.1) is 5.41 Å². The molecular weight excluding hydrogens is 124 g/mol. The molecular formula is C8H14N2. The SMILES string of the molecule is C=CC(=N)/C=C\NC(C)C. The van der Waals surface area contributed by atoms with Crippen LogP contribution in [0.25, 0.3) is 0 Å². The van der Waals surface area contributed by atoms with E-state index in [1.54, 1.807) is 12.3 Å². The fourth-order valence-electron chi connectivity index (χ4n) is 0.398. The summed E-state index contributed by atoms with van der Waals surface area (Å²) < 4.78 is 0. The van der Waals surface area contributed by atoms with Crippen LogP contribution >= 0.6 is 0 Å². The second kappa shape index (κ2) is 4.79. The summed E-state index contributed by atoms with van der Waals surface area (Å²) >= 11 is 0. The molecule has 0 saturated heterocycles. The van der Waals surface area contributed by atoms with E-state index in [4.69, 9.17) is 5.41 Å². The minimum Gasteiger partial charge on any atom is -0.389 e. The Kier molecular flexibility index (Phi) is 4.29. The molecule has 0 amide bonds. The van der Waals surface area contributed by atoms with Crippen LogP contribution in [0.2, 0.25) is 0 Å². The van der Waals surface area contributed by atoms with Crippen molar-refractivity contribution in [3.63, 3.8) is 0 Å². The van der Waals surface area contributed by atoms with Crippen LogP contribution < -0.4 is 5.32 Å². The highest BCUT2D eigenvalue weighted by Gasteiger charge is 1.83. The molecule has 0 fully saturated rings. The van der Waals surface area contributed by atoms with Crippen LogP contribution in [0.5, 0.6) is 0 Å². The highest BCUT2D eigenvalue weighted by atomic mass is 14.9. The Bertz CT molecular complexity index is 145. The van der Waals surface area contributed by atoms with Crippen molar-refractivity contribution in [3.05, 3.63) is 24.9 Å². The van der Waals surface area contributed by atoms with Gasteiger partial charge in [-0.3, -0.25) is 0 Å². The Morgan fingerprint density at radius 2 is 2.20 bits per heavy atom. The largest absolute Gasteiger partial charge is 0.389 e. The molecule has 0 aliphatic rings. The molecule has 0 radical (unpaired) electrons. The lowest BCUT2D eigenvalue weighted by atomic mass is 10.3. The molecule has 2 heteroatoms. The van der Waals surface area contributed by atoms with E-state index in [2.05, 4.69) is 11.9 Å². The zero-order valence-corrected chi connectivity index (χ0v) is 6.52. The predicted molar refractivity (Wildman–Crippen MR) is 45.3 cm³/mol. The van der Waals surface area contributed by atoms with E-state index >= 15 is 0 Å².